The molecule has 0 aliphatic heterocycles. The largest absolute Gasteiger partial charge is 0.494 e. The fraction of sp³-hybridized carbons (Fsp3) is 0.429. The molecule has 0 N–H and O–H groups in total. The highest BCUT2D eigenvalue weighted by Crippen LogP contribution is 2.18. The summed E-state index contributed by atoms with van der Waals surface area (Å²) in [4.78, 5) is 0. The van der Waals surface area contributed by atoms with Crippen LogP contribution in [0.4, 0.5) is 0 Å². The second-order valence-corrected chi connectivity index (χ2v) is 3.78. The third kappa shape index (κ3) is 3.78. The zero-order valence-corrected chi connectivity index (χ0v) is 9.75. The van der Waals surface area contributed by atoms with Gasteiger partial charge in [-0.25, -0.2) is 0 Å². The van der Waals surface area contributed by atoms with Crippen molar-refractivity contribution in [2.75, 3.05) is 6.61 Å². The fourth-order valence-electron chi connectivity index (χ4n) is 1.51. The van der Waals surface area contributed by atoms with Crippen LogP contribution in [0.3, 0.4) is 0 Å². The Balaban J connectivity index is 2.48. The standard InChI is InChI=1S/C14H20O/c1-4-6-7-10-15-14-9-8-13(5-2)12(3)11-14/h5,8-9,11H,2,4,6-7,10H2,1,3H3. The summed E-state index contributed by atoms with van der Waals surface area (Å²) >= 11 is 0. The Hall–Kier alpha value is -1.24. The van der Waals surface area contributed by atoms with Gasteiger partial charge in [-0.15, -0.1) is 0 Å². The predicted octanol–water partition coefficient (Wildman–Crippen LogP) is 4.21. The first kappa shape index (κ1) is 11.8. The van der Waals surface area contributed by atoms with Gasteiger partial charge in [0.1, 0.15) is 5.75 Å². The molecule has 0 radical (unpaired) electrons. The van der Waals surface area contributed by atoms with E-state index >= 15 is 0 Å². The summed E-state index contributed by atoms with van der Waals surface area (Å²) in [5.74, 6) is 0.967. The molecule has 0 saturated carbocycles. The zero-order chi connectivity index (χ0) is 11.1. The molecule has 0 fully saturated rings. The van der Waals surface area contributed by atoms with Gasteiger partial charge in [0, 0.05) is 0 Å². The van der Waals surface area contributed by atoms with E-state index in [2.05, 4.69) is 32.6 Å². The molecule has 0 spiro atoms. The first-order chi connectivity index (χ1) is 7.27. The summed E-state index contributed by atoms with van der Waals surface area (Å²) in [6.45, 7) is 8.86. The Kier molecular flexibility index (Phi) is 4.96. The van der Waals surface area contributed by atoms with E-state index in [0.717, 1.165) is 18.8 Å². The highest BCUT2D eigenvalue weighted by molar-refractivity contribution is 5.53. The number of rotatable bonds is 6. The summed E-state index contributed by atoms with van der Waals surface area (Å²) in [5.41, 5.74) is 2.40. The van der Waals surface area contributed by atoms with Crippen molar-refractivity contribution in [2.45, 2.75) is 33.1 Å². The number of hydrogen-bond donors (Lipinski definition) is 0. The molecule has 0 aromatic heterocycles. The lowest BCUT2D eigenvalue weighted by atomic mass is 10.1. The molecular formula is C14H20O. The van der Waals surface area contributed by atoms with Gasteiger partial charge < -0.3 is 4.74 Å². The maximum absolute atomic E-state index is 5.65. The minimum Gasteiger partial charge on any atom is -0.494 e. The van der Waals surface area contributed by atoms with E-state index in [-0.39, 0.29) is 0 Å². The average molecular weight is 204 g/mol. The van der Waals surface area contributed by atoms with Gasteiger partial charge in [-0.1, -0.05) is 38.5 Å². The van der Waals surface area contributed by atoms with E-state index in [0.29, 0.717) is 0 Å². The van der Waals surface area contributed by atoms with Crippen molar-refractivity contribution in [3.8, 4) is 5.75 Å². The van der Waals surface area contributed by atoms with E-state index in [9.17, 15) is 0 Å². The summed E-state index contributed by atoms with van der Waals surface area (Å²) in [6.07, 6.45) is 5.48. The third-order valence-electron chi connectivity index (χ3n) is 2.48. The lowest BCUT2D eigenvalue weighted by Gasteiger charge is -2.07. The van der Waals surface area contributed by atoms with Crippen molar-refractivity contribution in [3.05, 3.63) is 35.9 Å². The molecule has 0 bridgehead atoms. The normalized spacial score (nSPS) is 10.0. The quantitative estimate of drug-likeness (QED) is 0.631. The van der Waals surface area contributed by atoms with Crippen molar-refractivity contribution in [2.24, 2.45) is 0 Å². The number of unbranched alkanes of at least 4 members (excludes halogenated alkanes) is 2. The molecule has 15 heavy (non-hydrogen) atoms. The molecule has 1 rings (SSSR count). The van der Waals surface area contributed by atoms with Crippen molar-refractivity contribution in [1.29, 1.82) is 0 Å². The van der Waals surface area contributed by atoms with Gasteiger partial charge >= 0.3 is 0 Å². The van der Waals surface area contributed by atoms with Crippen molar-refractivity contribution in [3.63, 3.8) is 0 Å². The van der Waals surface area contributed by atoms with Gasteiger partial charge in [0.15, 0.2) is 0 Å². The molecule has 1 aromatic rings. The van der Waals surface area contributed by atoms with E-state index in [1.54, 1.807) is 0 Å². The lowest BCUT2D eigenvalue weighted by molar-refractivity contribution is 0.306. The minimum absolute atomic E-state index is 0.820. The highest BCUT2D eigenvalue weighted by Gasteiger charge is 1.97. The van der Waals surface area contributed by atoms with Crippen LogP contribution in [0.1, 0.15) is 37.3 Å². The minimum atomic E-state index is 0.820. The van der Waals surface area contributed by atoms with Crippen LogP contribution in [-0.4, -0.2) is 6.61 Å². The van der Waals surface area contributed by atoms with E-state index in [4.69, 9.17) is 4.74 Å². The van der Waals surface area contributed by atoms with Gasteiger partial charge in [0.25, 0.3) is 0 Å². The van der Waals surface area contributed by atoms with Gasteiger partial charge in [-0.2, -0.15) is 0 Å². The second-order valence-electron chi connectivity index (χ2n) is 3.78. The zero-order valence-electron chi connectivity index (χ0n) is 9.75. The first-order valence-corrected chi connectivity index (χ1v) is 5.63. The molecule has 0 aliphatic carbocycles. The number of ether oxygens (including phenoxy) is 1. The molecule has 1 nitrogen and oxygen atoms in total. The molecule has 0 atom stereocenters. The third-order valence-corrected chi connectivity index (χ3v) is 2.48. The SMILES string of the molecule is C=Cc1ccc(OCCCCC)cc1C. The van der Waals surface area contributed by atoms with Crippen LogP contribution in [-0.2, 0) is 0 Å². The molecule has 1 heteroatoms. The van der Waals surface area contributed by atoms with Gasteiger partial charge in [0.05, 0.1) is 6.61 Å². The Morgan fingerprint density at radius 3 is 2.73 bits per heavy atom. The Morgan fingerprint density at radius 2 is 2.13 bits per heavy atom. The number of hydrogen-bond acceptors (Lipinski definition) is 1. The first-order valence-electron chi connectivity index (χ1n) is 5.63. The van der Waals surface area contributed by atoms with Crippen molar-refractivity contribution < 1.29 is 4.74 Å². The molecule has 0 saturated heterocycles. The topological polar surface area (TPSA) is 9.23 Å². The molecule has 82 valence electrons. The molecule has 0 aliphatic rings. The number of aryl methyl sites for hydroxylation is 1. The second kappa shape index (κ2) is 6.28. The van der Waals surface area contributed by atoms with Crippen molar-refractivity contribution in [1.82, 2.24) is 0 Å². The molecule has 0 heterocycles. The molecular weight excluding hydrogens is 184 g/mol. The average Bonchev–Trinajstić information content (AvgIpc) is 2.25. The van der Waals surface area contributed by atoms with Gasteiger partial charge in [0.2, 0.25) is 0 Å². The van der Waals surface area contributed by atoms with Crippen LogP contribution in [0.5, 0.6) is 5.75 Å². The smallest absolute Gasteiger partial charge is 0.119 e. The van der Waals surface area contributed by atoms with E-state index < -0.39 is 0 Å². The predicted molar refractivity (Wildman–Crippen MR) is 66.3 cm³/mol. The summed E-state index contributed by atoms with van der Waals surface area (Å²) in [7, 11) is 0. The maximum Gasteiger partial charge on any atom is 0.119 e. The Labute approximate surface area is 92.8 Å². The van der Waals surface area contributed by atoms with Crippen LogP contribution in [0, 0.1) is 6.92 Å². The van der Waals surface area contributed by atoms with Gasteiger partial charge in [-0.05, 0) is 36.6 Å². The fourth-order valence-corrected chi connectivity index (χ4v) is 1.51. The Morgan fingerprint density at radius 1 is 1.33 bits per heavy atom. The van der Waals surface area contributed by atoms with E-state index in [1.807, 2.05) is 12.1 Å². The van der Waals surface area contributed by atoms with Crippen LogP contribution < -0.4 is 4.74 Å². The molecule has 0 amide bonds. The van der Waals surface area contributed by atoms with E-state index in [1.165, 1.54) is 24.0 Å². The van der Waals surface area contributed by atoms with Gasteiger partial charge in [-0.3, -0.25) is 0 Å². The van der Waals surface area contributed by atoms with Crippen molar-refractivity contribution >= 4 is 6.08 Å². The number of benzene rings is 1. The van der Waals surface area contributed by atoms with Crippen LogP contribution in [0.25, 0.3) is 6.08 Å². The summed E-state index contributed by atoms with van der Waals surface area (Å²) in [6, 6.07) is 6.14. The molecule has 1 aromatic carbocycles. The van der Waals surface area contributed by atoms with Crippen LogP contribution in [0.2, 0.25) is 0 Å². The molecule has 0 unspecified atom stereocenters. The summed E-state index contributed by atoms with van der Waals surface area (Å²) < 4.78 is 5.65. The lowest BCUT2D eigenvalue weighted by Crippen LogP contribution is -1.97. The van der Waals surface area contributed by atoms with Crippen LogP contribution >= 0.6 is 0 Å². The Bertz CT molecular complexity index is 315. The van der Waals surface area contributed by atoms with Crippen LogP contribution in [0.15, 0.2) is 24.8 Å². The summed E-state index contributed by atoms with van der Waals surface area (Å²) in [5, 5.41) is 0. The maximum atomic E-state index is 5.65. The monoisotopic (exact) mass is 204 g/mol. The highest BCUT2D eigenvalue weighted by atomic mass is 16.5.